The summed E-state index contributed by atoms with van der Waals surface area (Å²) < 4.78 is 0. The van der Waals surface area contributed by atoms with Crippen molar-refractivity contribution >= 4 is 5.91 Å². The molecule has 1 aliphatic heterocycles. The van der Waals surface area contributed by atoms with Crippen LogP contribution in [0.2, 0.25) is 0 Å². The van der Waals surface area contributed by atoms with E-state index in [1.54, 1.807) is 0 Å². The van der Waals surface area contributed by atoms with Crippen molar-refractivity contribution in [3.05, 3.63) is 71.8 Å². The van der Waals surface area contributed by atoms with E-state index in [-0.39, 0.29) is 23.8 Å². The fraction of sp³-hybridized carbons (Fsp3) is 0.350. The largest absolute Gasteiger partial charge is 0.352 e. The fourth-order valence-electron chi connectivity index (χ4n) is 3.39. The van der Waals surface area contributed by atoms with Crippen LogP contribution >= 0.6 is 0 Å². The van der Waals surface area contributed by atoms with Crippen molar-refractivity contribution in [1.82, 2.24) is 10.6 Å². The van der Waals surface area contributed by atoms with E-state index < -0.39 is 0 Å². The van der Waals surface area contributed by atoms with E-state index in [1.165, 1.54) is 11.1 Å². The first-order chi connectivity index (χ1) is 11.3. The van der Waals surface area contributed by atoms with Crippen LogP contribution in [0.25, 0.3) is 0 Å². The summed E-state index contributed by atoms with van der Waals surface area (Å²) in [5, 5.41) is 6.50. The van der Waals surface area contributed by atoms with Crippen LogP contribution in [0.5, 0.6) is 0 Å². The molecule has 0 bridgehead atoms. The number of amides is 1. The lowest BCUT2D eigenvalue weighted by Crippen LogP contribution is -2.41. The van der Waals surface area contributed by atoms with Gasteiger partial charge in [-0.1, -0.05) is 60.7 Å². The van der Waals surface area contributed by atoms with Gasteiger partial charge < -0.3 is 10.6 Å². The Bertz CT molecular complexity index is 581. The summed E-state index contributed by atoms with van der Waals surface area (Å²) in [6.07, 6.45) is 0.930. The smallest absolute Gasteiger partial charge is 0.224 e. The Morgan fingerprint density at radius 1 is 1.04 bits per heavy atom. The molecule has 3 rings (SSSR count). The van der Waals surface area contributed by atoms with Crippen LogP contribution in [-0.2, 0) is 4.79 Å². The Labute approximate surface area is 138 Å². The summed E-state index contributed by atoms with van der Waals surface area (Å²) in [6.45, 7) is 3.83. The number of hydrogen-bond acceptors (Lipinski definition) is 2. The third kappa shape index (κ3) is 3.80. The van der Waals surface area contributed by atoms with Gasteiger partial charge in [-0.3, -0.25) is 4.79 Å². The van der Waals surface area contributed by atoms with Crippen LogP contribution < -0.4 is 10.6 Å². The van der Waals surface area contributed by atoms with Crippen molar-refractivity contribution in [2.45, 2.75) is 25.3 Å². The molecule has 1 saturated heterocycles. The first-order valence-electron chi connectivity index (χ1n) is 8.36. The van der Waals surface area contributed by atoms with Crippen LogP contribution in [0.4, 0.5) is 0 Å². The van der Waals surface area contributed by atoms with Crippen LogP contribution in [0, 0.1) is 5.92 Å². The molecule has 2 unspecified atom stereocenters. The molecule has 0 radical (unpaired) electrons. The Hall–Kier alpha value is -2.13. The molecule has 0 spiro atoms. The zero-order valence-corrected chi connectivity index (χ0v) is 13.5. The zero-order chi connectivity index (χ0) is 16.1. The van der Waals surface area contributed by atoms with E-state index >= 15 is 0 Å². The number of hydrogen-bond donors (Lipinski definition) is 2. The Morgan fingerprint density at radius 3 is 2.09 bits per heavy atom. The van der Waals surface area contributed by atoms with Crippen molar-refractivity contribution in [3.63, 3.8) is 0 Å². The highest BCUT2D eigenvalue weighted by molar-refractivity contribution is 5.79. The van der Waals surface area contributed by atoms with E-state index in [0.29, 0.717) is 0 Å². The predicted molar refractivity (Wildman–Crippen MR) is 93.3 cm³/mol. The van der Waals surface area contributed by atoms with Crippen LogP contribution in [0.15, 0.2) is 60.7 Å². The number of rotatable bonds is 5. The number of benzene rings is 2. The van der Waals surface area contributed by atoms with E-state index in [9.17, 15) is 4.79 Å². The Balaban J connectivity index is 1.81. The number of carbonyl (C=O) groups is 1. The zero-order valence-electron chi connectivity index (χ0n) is 13.5. The lowest BCUT2D eigenvalue weighted by atomic mass is 9.85. The summed E-state index contributed by atoms with van der Waals surface area (Å²) >= 11 is 0. The minimum Gasteiger partial charge on any atom is -0.352 e. The second-order valence-electron chi connectivity index (χ2n) is 6.29. The Kier molecular flexibility index (Phi) is 5.09. The van der Waals surface area contributed by atoms with Gasteiger partial charge in [0.05, 0.1) is 5.92 Å². The summed E-state index contributed by atoms with van der Waals surface area (Å²) in [6, 6.07) is 20.9. The summed E-state index contributed by atoms with van der Waals surface area (Å²) in [4.78, 5) is 12.5. The van der Waals surface area contributed by atoms with Crippen LogP contribution in [-0.4, -0.2) is 25.0 Å². The monoisotopic (exact) mass is 308 g/mol. The molecule has 3 heteroatoms. The van der Waals surface area contributed by atoms with E-state index in [4.69, 9.17) is 0 Å². The lowest BCUT2D eigenvalue weighted by Gasteiger charge is -2.27. The molecule has 2 aromatic carbocycles. The molecule has 1 amide bonds. The van der Waals surface area contributed by atoms with Gasteiger partial charge in [0.25, 0.3) is 0 Å². The molecule has 0 aromatic heterocycles. The normalized spacial score (nSPS) is 18.8. The average molecular weight is 308 g/mol. The van der Waals surface area contributed by atoms with Crippen molar-refractivity contribution in [3.8, 4) is 0 Å². The second kappa shape index (κ2) is 7.42. The quantitative estimate of drug-likeness (QED) is 0.891. The van der Waals surface area contributed by atoms with Gasteiger partial charge in [-0.05, 0) is 31.0 Å². The third-order valence-corrected chi connectivity index (χ3v) is 4.62. The molecule has 23 heavy (non-hydrogen) atoms. The van der Waals surface area contributed by atoms with Crippen molar-refractivity contribution in [2.24, 2.45) is 5.92 Å². The first kappa shape index (κ1) is 15.8. The maximum Gasteiger partial charge on any atom is 0.224 e. The molecule has 2 atom stereocenters. The average Bonchev–Trinajstić information content (AvgIpc) is 3.12. The molecular weight excluding hydrogens is 284 g/mol. The maximum atomic E-state index is 12.5. The summed E-state index contributed by atoms with van der Waals surface area (Å²) in [7, 11) is 0. The summed E-state index contributed by atoms with van der Waals surface area (Å²) in [5.41, 5.74) is 2.46. The molecule has 3 nitrogen and oxygen atoms in total. The lowest BCUT2D eigenvalue weighted by molar-refractivity contribution is -0.125. The second-order valence-corrected chi connectivity index (χ2v) is 6.29. The molecular formula is C20H24N2O. The van der Waals surface area contributed by atoms with Gasteiger partial charge in [-0.2, -0.15) is 0 Å². The van der Waals surface area contributed by atoms with Crippen molar-refractivity contribution in [1.29, 1.82) is 0 Å². The highest BCUT2D eigenvalue weighted by Crippen LogP contribution is 2.28. The molecule has 2 aromatic rings. The third-order valence-electron chi connectivity index (χ3n) is 4.62. The number of nitrogens with one attached hydrogen (secondary N) is 2. The van der Waals surface area contributed by atoms with Crippen LogP contribution in [0.3, 0.4) is 0 Å². The topological polar surface area (TPSA) is 41.1 Å². The molecule has 1 aliphatic rings. The van der Waals surface area contributed by atoms with Gasteiger partial charge in [0.2, 0.25) is 5.91 Å². The van der Waals surface area contributed by atoms with Crippen molar-refractivity contribution < 1.29 is 4.79 Å². The Morgan fingerprint density at radius 2 is 1.61 bits per heavy atom. The van der Waals surface area contributed by atoms with Gasteiger partial charge in [0.15, 0.2) is 0 Å². The first-order valence-corrected chi connectivity index (χ1v) is 8.36. The summed E-state index contributed by atoms with van der Waals surface area (Å²) in [5.74, 6) is 0.430. The standard InChI is InChI=1S/C20H24N2O/c1-15(22-20(23)18-12-13-21-14-18)19(16-8-4-2-5-9-16)17-10-6-3-7-11-17/h2-11,15,18-19,21H,12-14H2,1H3,(H,22,23). The highest BCUT2D eigenvalue weighted by Gasteiger charge is 2.27. The van der Waals surface area contributed by atoms with Gasteiger partial charge in [-0.15, -0.1) is 0 Å². The predicted octanol–water partition coefficient (Wildman–Crippen LogP) is 2.93. The molecule has 0 saturated carbocycles. The van der Waals surface area contributed by atoms with Gasteiger partial charge >= 0.3 is 0 Å². The maximum absolute atomic E-state index is 12.5. The van der Waals surface area contributed by atoms with Gasteiger partial charge in [-0.25, -0.2) is 0 Å². The van der Waals surface area contributed by atoms with E-state index in [0.717, 1.165) is 19.5 Å². The molecule has 0 aliphatic carbocycles. The highest BCUT2D eigenvalue weighted by atomic mass is 16.2. The SMILES string of the molecule is CC(NC(=O)C1CCNC1)C(c1ccccc1)c1ccccc1. The van der Waals surface area contributed by atoms with E-state index in [2.05, 4.69) is 66.1 Å². The van der Waals surface area contributed by atoms with E-state index in [1.807, 2.05) is 12.1 Å². The minimum atomic E-state index is 0.0490. The fourth-order valence-corrected chi connectivity index (χ4v) is 3.39. The molecule has 1 fully saturated rings. The van der Waals surface area contributed by atoms with Gasteiger partial charge in [0, 0.05) is 18.5 Å². The van der Waals surface area contributed by atoms with Crippen molar-refractivity contribution in [2.75, 3.05) is 13.1 Å². The minimum absolute atomic E-state index is 0.0490. The van der Waals surface area contributed by atoms with Crippen LogP contribution in [0.1, 0.15) is 30.4 Å². The molecule has 1 heterocycles. The molecule has 2 N–H and O–H groups in total. The number of carbonyl (C=O) groups excluding carboxylic acids is 1. The molecule has 120 valence electrons. The van der Waals surface area contributed by atoms with Gasteiger partial charge in [0.1, 0.15) is 0 Å².